The zero-order valence-corrected chi connectivity index (χ0v) is 15.7. The fourth-order valence-corrected chi connectivity index (χ4v) is 2.18. The number of nitrogens with one attached hydrogen (secondary N) is 2. The van der Waals surface area contributed by atoms with Gasteiger partial charge in [0.15, 0.2) is 11.2 Å². The molecule has 2 atom stereocenters. The standard InChI is InChI=1S/C15H23N5O4.CH4O/c1-5-9(21)6-10(24-4)20-7-16-11-12(20)17-15(19-14(11)23)18-13(22)8(2)3;1-2/h7-10,21H,5-6H2,1-4H3,(H2,17,18,19,22,23);2H,1H3/t9-,10?;/m1./s1. The largest absolute Gasteiger partial charge is 0.400 e. The lowest BCUT2D eigenvalue weighted by molar-refractivity contribution is -0.118. The minimum atomic E-state index is -0.547. The number of aliphatic hydroxyl groups is 2. The predicted molar refractivity (Wildman–Crippen MR) is 96.7 cm³/mol. The third-order valence-corrected chi connectivity index (χ3v) is 3.73. The minimum Gasteiger partial charge on any atom is -0.400 e. The van der Waals surface area contributed by atoms with Crippen LogP contribution in [0.2, 0.25) is 0 Å². The Labute approximate surface area is 151 Å². The van der Waals surface area contributed by atoms with Crippen molar-refractivity contribution in [1.82, 2.24) is 19.5 Å². The lowest BCUT2D eigenvalue weighted by Crippen LogP contribution is -2.23. The summed E-state index contributed by atoms with van der Waals surface area (Å²) >= 11 is 0. The number of aliphatic hydroxyl groups excluding tert-OH is 2. The van der Waals surface area contributed by atoms with E-state index in [2.05, 4.69) is 20.3 Å². The van der Waals surface area contributed by atoms with Gasteiger partial charge in [0.1, 0.15) is 6.23 Å². The van der Waals surface area contributed by atoms with E-state index in [1.807, 2.05) is 6.92 Å². The molecule has 0 spiro atoms. The maximum Gasteiger partial charge on any atom is 0.280 e. The zero-order chi connectivity index (χ0) is 19.9. The second kappa shape index (κ2) is 10.00. The van der Waals surface area contributed by atoms with Gasteiger partial charge in [-0.05, 0) is 6.42 Å². The fourth-order valence-electron chi connectivity index (χ4n) is 2.18. The molecule has 10 nitrogen and oxygen atoms in total. The van der Waals surface area contributed by atoms with E-state index in [0.717, 1.165) is 7.11 Å². The molecule has 2 rings (SSSR count). The SMILES string of the molecule is CC[C@@H](O)CC(OC)n1cnc2c(=O)[nH]c(NC(=O)C(C)C)nc21.CO. The first-order valence-corrected chi connectivity index (χ1v) is 8.30. The molecule has 0 radical (unpaired) electrons. The highest BCUT2D eigenvalue weighted by atomic mass is 16.5. The number of anilines is 1. The number of amides is 1. The Morgan fingerprint density at radius 1 is 1.42 bits per heavy atom. The number of aromatic amines is 1. The molecular weight excluding hydrogens is 342 g/mol. The van der Waals surface area contributed by atoms with Crippen molar-refractivity contribution in [2.75, 3.05) is 19.5 Å². The van der Waals surface area contributed by atoms with Crippen LogP contribution in [-0.4, -0.2) is 56.0 Å². The molecule has 4 N–H and O–H groups in total. The molecular formula is C16H27N5O5. The highest BCUT2D eigenvalue weighted by Gasteiger charge is 2.20. The first-order chi connectivity index (χ1) is 12.4. The number of hydrogen-bond acceptors (Lipinski definition) is 7. The first-order valence-electron chi connectivity index (χ1n) is 8.30. The number of aromatic nitrogens is 4. The van der Waals surface area contributed by atoms with Gasteiger partial charge in [-0.2, -0.15) is 4.98 Å². The van der Waals surface area contributed by atoms with Gasteiger partial charge < -0.3 is 14.9 Å². The number of carbonyl (C=O) groups excluding carboxylic acids is 1. The van der Waals surface area contributed by atoms with Gasteiger partial charge in [-0.15, -0.1) is 0 Å². The van der Waals surface area contributed by atoms with Crippen LogP contribution in [0.25, 0.3) is 11.2 Å². The van der Waals surface area contributed by atoms with Crippen LogP contribution in [0.5, 0.6) is 0 Å². The highest BCUT2D eigenvalue weighted by molar-refractivity contribution is 5.91. The van der Waals surface area contributed by atoms with Gasteiger partial charge in [0.05, 0.1) is 12.4 Å². The highest BCUT2D eigenvalue weighted by Crippen LogP contribution is 2.20. The van der Waals surface area contributed by atoms with Crippen LogP contribution < -0.4 is 10.9 Å². The van der Waals surface area contributed by atoms with E-state index in [9.17, 15) is 14.7 Å². The van der Waals surface area contributed by atoms with Crippen molar-refractivity contribution >= 4 is 23.0 Å². The Morgan fingerprint density at radius 3 is 2.62 bits per heavy atom. The van der Waals surface area contributed by atoms with Crippen LogP contribution in [-0.2, 0) is 9.53 Å². The van der Waals surface area contributed by atoms with E-state index in [1.165, 1.54) is 13.4 Å². The number of ether oxygens (including phenoxy) is 1. The van der Waals surface area contributed by atoms with Gasteiger partial charge in [0, 0.05) is 26.6 Å². The second-order valence-corrected chi connectivity index (χ2v) is 5.87. The molecule has 1 unspecified atom stereocenters. The molecule has 146 valence electrons. The Bertz CT molecular complexity index is 770. The summed E-state index contributed by atoms with van der Waals surface area (Å²) in [6, 6.07) is 0. The number of hydrogen-bond donors (Lipinski definition) is 4. The van der Waals surface area contributed by atoms with Crippen molar-refractivity contribution in [2.24, 2.45) is 5.92 Å². The summed E-state index contributed by atoms with van der Waals surface area (Å²) in [5.74, 6) is -0.450. The summed E-state index contributed by atoms with van der Waals surface area (Å²) in [7, 11) is 2.51. The van der Waals surface area contributed by atoms with Gasteiger partial charge in [0.25, 0.3) is 5.56 Å². The Balaban J connectivity index is 0.00000163. The number of fused-ring (bicyclic) bond motifs is 1. The number of nitrogens with zero attached hydrogens (tertiary/aromatic N) is 3. The van der Waals surface area contributed by atoms with Crippen LogP contribution in [0.3, 0.4) is 0 Å². The molecule has 0 fully saturated rings. The van der Waals surface area contributed by atoms with Crippen LogP contribution in [0.15, 0.2) is 11.1 Å². The molecule has 2 aromatic heterocycles. The average Bonchev–Trinajstić information content (AvgIpc) is 3.05. The topological polar surface area (TPSA) is 142 Å². The van der Waals surface area contributed by atoms with E-state index in [0.29, 0.717) is 12.8 Å². The predicted octanol–water partition coefficient (Wildman–Crippen LogP) is 0.629. The summed E-state index contributed by atoms with van der Waals surface area (Å²) in [6.45, 7) is 5.35. The molecule has 26 heavy (non-hydrogen) atoms. The summed E-state index contributed by atoms with van der Waals surface area (Å²) in [5, 5.41) is 19.4. The smallest absolute Gasteiger partial charge is 0.280 e. The van der Waals surface area contributed by atoms with Gasteiger partial charge >= 0.3 is 0 Å². The zero-order valence-electron chi connectivity index (χ0n) is 15.7. The van der Waals surface area contributed by atoms with Crippen LogP contribution in [0.1, 0.15) is 39.8 Å². The lowest BCUT2D eigenvalue weighted by Gasteiger charge is -2.20. The summed E-state index contributed by atoms with van der Waals surface area (Å²) in [5.41, 5.74) is -0.0257. The maximum absolute atomic E-state index is 12.1. The normalized spacial score (nSPS) is 13.2. The van der Waals surface area contributed by atoms with E-state index in [-0.39, 0.29) is 28.9 Å². The van der Waals surface area contributed by atoms with Crippen molar-refractivity contribution in [3.05, 3.63) is 16.7 Å². The van der Waals surface area contributed by atoms with Gasteiger partial charge in [-0.1, -0.05) is 20.8 Å². The van der Waals surface area contributed by atoms with E-state index in [1.54, 1.807) is 18.4 Å². The number of rotatable bonds is 7. The van der Waals surface area contributed by atoms with Crippen molar-refractivity contribution in [3.63, 3.8) is 0 Å². The Morgan fingerprint density at radius 2 is 2.08 bits per heavy atom. The monoisotopic (exact) mass is 369 g/mol. The number of methoxy groups -OCH3 is 1. The van der Waals surface area contributed by atoms with Gasteiger partial charge in [0.2, 0.25) is 11.9 Å². The number of carbonyl (C=O) groups is 1. The summed E-state index contributed by atoms with van der Waals surface area (Å²) in [4.78, 5) is 34.8. The average molecular weight is 369 g/mol. The van der Waals surface area contributed by atoms with Crippen LogP contribution >= 0.6 is 0 Å². The van der Waals surface area contributed by atoms with Crippen LogP contribution in [0, 0.1) is 5.92 Å². The lowest BCUT2D eigenvalue weighted by atomic mass is 10.2. The molecule has 0 saturated heterocycles. The molecule has 10 heteroatoms. The summed E-state index contributed by atoms with van der Waals surface area (Å²) in [6.07, 6.45) is 1.29. The quantitative estimate of drug-likeness (QED) is 0.560. The Hall–Kier alpha value is -2.30. The minimum absolute atomic E-state index is 0.0545. The second-order valence-electron chi connectivity index (χ2n) is 5.87. The molecule has 0 aliphatic heterocycles. The molecule has 0 saturated carbocycles. The van der Waals surface area contributed by atoms with Crippen molar-refractivity contribution < 1.29 is 19.7 Å². The van der Waals surface area contributed by atoms with Crippen LogP contribution in [0.4, 0.5) is 5.95 Å². The fraction of sp³-hybridized carbons (Fsp3) is 0.625. The summed E-state index contributed by atoms with van der Waals surface area (Å²) < 4.78 is 6.98. The Kier molecular flexibility index (Phi) is 8.36. The molecule has 0 bridgehead atoms. The third-order valence-electron chi connectivity index (χ3n) is 3.73. The van der Waals surface area contributed by atoms with E-state index >= 15 is 0 Å². The molecule has 0 aliphatic rings. The molecule has 0 aliphatic carbocycles. The molecule has 2 heterocycles. The van der Waals surface area contributed by atoms with Crippen molar-refractivity contribution in [2.45, 2.75) is 45.9 Å². The van der Waals surface area contributed by atoms with E-state index in [4.69, 9.17) is 9.84 Å². The van der Waals surface area contributed by atoms with Gasteiger partial charge in [-0.3, -0.25) is 24.5 Å². The van der Waals surface area contributed by atoms with Crippen molar-refractivity contribution in [1.29, 1.82) is 0 Å². The first kappa shape index (κ1) is 21.7. The van der Waals surface area contributed by atoms with Gasteiger partial charge in [-0.25, -0.2) is 4.98 Å². The molecule has 2 aromatic rings. The third kappa shape index (κ3) is 5.10. The van der Waals surface area contributed by atoms with E-state index < -0.39 is 17.9 Å². The number of H-pyrrole nitrogens is 1. The maximum atomic E-state index is 12.1. The molecule has 1 amide bonds. The number of imidazole rings is 1. The van der Waals surface area contributed by atoms with Crippen molar-refractivity contribution in [3.8, 4) is 0 Å². The molecule has 0 aromatic carbocycles.